The third kappa shape index (κ3) is 5.38. The maximum absolute atomic E-state index is 14.3. The largest absolute Gasteiger partial charge is 0.465 e. The summed E-state index contributed by atoms with van der Waals surface area (Å²) in [5.41, 5.74) is -4.57. The summed E-state index contributed by atoms with van der Waals surface area (Å²) in [6.45, 7) is 11.3. The van der Waals surface area contributed by atoms with Crippen molar-refractivity contribution in [3.63, 3.8) is 0 Å². The molecule has 0 aromatic rings. The van der Waals surface area contributed by atoms with E-state index >= 15 is 0 Å². The molecular formula is C44H54O8. The third-order valence-corrected chi connectivity index (χ3v) is 14.0. The average molecular weight is 711 g/mol. The monoisotopic (exact) mass is 710 g/mol. The Morgan fingerprint density at radius 1 is 1.02 bits per heavy atom. The summed E-state index contributed by atoms with van der Waals surface area (Å²) >= 11 is 0. The molecule has 0 unspecified atom stereocenters. The van der Waals surface area contributed by atoms with Gasteiger partial charge in [0.1, 0.15) is 17.8 Å². The van der Waals surface area contributed by atoms with Crippen LogP contribution in [0.1, 0.15) is 59.8 Å². The number of unbranched alkanes of at least 4 members (excludes halogenated alkanes) is 1. The molecule has 3 N–H and O–H groups in total. The Labute approximate surface area is 307 Å². The van der Waals surface area contributed by atoms with Gasteiger partial charge in [-0.2, -0.15) is 0 Å². The third-order valence-electron chi connectivity index (χ3n) is 14.0. The molecule has 278 valence electrons. The molecule has 0 radical (unpaired) electrons. The van der Waals surface area contributed by atoms with E-state index in [1.165, 1.54) is 0 Å². The van der Waals surface area contributed by atoms with Crippen molar-refractivity contribution >= 4 is 17.7 Å². The molecule has 1 aliphatic heterocycles. The number of carbonyl (C=O) groups excluding carboxylic acids is 3. The molecule has 1 heterocycles. The smallest absolute Gasteiger partial charge is 0.310 e. The Hall–Kier alpha value is -3.59. The van der Waals surface area contributed by atoms with Crippen LogP contribution in [0.5, 0.6) is 0 Å². The van der Waals surface area contributed by atoms with Crippen molar-refractivity contribution in [2.75, 3.05) is 13.2 Å². The highest BCUT2D eigenvalue weighted by atomic mass is 16.6. The summed E-state index contributed by atoms with van der Waals surface area (Å²) in [6, 6.07) is 0. The Kier molecular flexibility index (Phi) is 9.45. The molecule has 8 nitrogen and oxygen atoms in total. The highest BCUT2D eigenvalue weighted by Gasteiger charge is 2.85. The topological polar surface area (TPSA) is 130 Å². The lowest BCUT2D eigenvalue weighted by Crippen LogP contribution is -2.61. The van der Waals surface area contributed by atoms with Gasteiger partial charge in [0.2, 0.25) is 0 Å². The van der Waals surface area contributed by atoms with Gasteiger partial charge in [0.25, 0.3) is 0 Å². The molecule has 4 saturated carbocycles. The summed E-state index contributed by atoms with van der Waals surface area (Å²) in [5, 5.41) is 35.1. The van der Waals surface area contributed by atoms with Crippen LogP contribution in [0.3, 0.4) is 0 Å². The molecule has 0 aromatic carbocycles. The maximum atomic E-state index is 14.3. The standard InChI is InChI=1S/C44H54O8/c1-6-8-9-10-11-12-13-14-15-17-30-35-29(7-2)36(35)31-18-16-19-34(46)52-43-22-27(4)44(50)32(38(43)41(43,5)25-51-40(48)37(30)31)21-28(24-45)23-42(49)33(44)20-26(3)39(42)47/h7,9-18,20-21,27,29-33,35-38,45,49-50H,2,6,8,19,22-25H2,1,3-5H3/b10-9+,12-11+,14-13+,17-15+,18-16+/t27-,29-,30+,31+,32+,33-,35+,36-,37+,38-,41-,42-,43+,44-/m1/s1. The lowest BCUT2D eigenvalue weighted by atomic mass is 9.60. The minimum absolute atomic E-state index is 0.0199. The predicted octanol–water partition coefficient (Wildman–Crippen LogP) is 5.93. The first kappa shape index (κ1) is 36.8. The van der Waals surface area contributed by atoms with Crippen LogP contribution in [-0.4, -0.2) is 63.1 Å². The lowest BCUT2D eigenvalue weighted by Gasteiger charge is -2.50. The molecule has 0 bridgehead atoms. The minimum Gasteiger partial charge on any atom is -0.465 e. The van der Waals surface area contributed by atoms with E-state index in [9.17, 15) is 29.7 Å². The summed E-state index contributed by atoms with van der Waals surface area (Å²) in [6.07, 6.45) is 27.9. The number of hydrogen-bond donors (Lipinski definition) is 3. The summed E-state index contributed by atoms with van der Waals surface area (Å²) in [7, 11) is 0. The van der Waals surface area contributed by atoms with Gasteiger partial charge in [-0.1, -0.05) is 106 Å². The lowest BCUT2D eigenvalue weighted by molar-refractivity contribution is -0.187. The zero-order chi connectivity index (χ0) is 37.2. The van der Waals surface area contributed by atoms with Gasteiger partial charge in [-0.05, 0) is 66.4 Å². The van der Waals surface area contributed by atoms with E-state index in [0.717, 1.165) is 12.8 Å². The first-order chi connectivity index (χ1) is 24.8. The Balaban J connectivity index is 1.20. The second-order valence-electron chi connectivity index (χ2n) is 16.8. The molecule has 4 fully saturated rings. The summed E-state index contributed by atoms with van der Waals surface area (Å²) in [4.78, 5) is 41.4. The molecule has 7 rings (SSSR count). The zero-order valence-corrected chi connectivity index (χ0v) is 30.8. The number of ketones is 1. The zero-order valence-electron chi connectivity index (χ0n) is 30.8. The van der Waals surface area contributed by atoms with Gasteiger partial charge in [-0.15, -0.1) is 6.58 Å². The number of fused-ring (bicyclic) bond motifs is 8. The van der Waals surface area contributed by atoms with E-state index in [4.69, 9.17) is 9.47 Å². The van der Waals surface area contributed by atoms with E-state index in [2.05, 4.69) is 25.7 Å². The van der Waals surface area contributed by atoms with Crippen LogP contribution >= 0.6 is 0 Å². The van der Waals surface area contributed by atoms with Crippen LogP contribution in [0.15, 0.2) is 96.7 Å². The van der Waals surface area contributed by atoms with Gasteiger partial charge in [-0.3, -0.25) is 14.4 Å². The second-order valence-corrected chi connectivity index (χ2v) is 16.8. The maximum Gasteiger partial charge on any atom is 0.310 e. The van der Waals surface area contributed by atoms with Gasteiger partial charge in [0, 0.05) is 29.6 Å². The van der Waals surface area contributed by atoms with Crippen LogP contribution < -0.4 is 0 Å². The number of cyclic esters (lactones) is 1. The number of Topliss-reactive ketones (excluding diaryl/α,β-unsaturated/α-hetero) is 1. The Morgan fingerprint density at radius 3 is 2.46 bits per heavy atom. The quantitative estimate of drug-likeness (QED) is 0.161. The van der Waals surface area contributed by atoms with Crippen molar-refractivity contribution in [2.45, 2.75) is 76.6 Å². The van der Waals surface area contributed by atoms with Crippen molar-refractivity contribution in [3.8, 4) is 0 Å². The number of aliphatic hydroxyl groups excluding tert-OH is 1. The van der Waals surface area contributed by atoms with E-state index in [0.29, 0.717) is 11.1 Å². The van der Waals surface area contributed by atoms with E-state index in [-0.39, 0.29) is 67.4 Å². The van der Waals surface area contributed by atoms with Gasteiger partial charge in [0.15, 0.2) is 5.78 Å². The molecular weight excluding hydrogens is 656 g/mol. The minimum atomic E-state index is -1.89. The van der Waals surface area contributed by atoms with Crippen molar-refractivity contribution in [1.29, 1.82) is 0 Å². The fourth-order valence-electron chi connectivity index (χ4n) is 11.6. The number of esters is 2. The van der Waals surface area contributed by atoms with Crippen molar-refractivity contribution in [3.05, 3.63) is 96.7 Å². The molecule has 0 saturated heterocycles. The number of ether oxygens (including phenoxy) is 2. The van der Waals surface area contributed by atoms with Crippen LogP contribution in [-0.2, 0) is 23.9 Å². The molecule has 7 aliphatic rings. The SMILES string of the molecule is C=C[C@H]1[C@@H]2[C@@H]3/C=C/CC(=O)O[C@@]45C[C@@H](C)[C@@]6(O)[C@@H](C=C(CO)C[C@]7(O)C(=O)C(C)=C[C@@H]67)[C@@H]4[C@@]5(C)COC(=O)[C@H]3[C@@H](/C=C/C=C/C=C/C=C/CCC)[C@H]12. The van der Waals surface area contributed by atoms with E-state index in [1.54, 1.807) is 19.1 Å². The number of aliphatic hydroxyl groups is 3. The highest BCUT2D eigenvalue weighted by molar-refractivity contribution is 6.04. The average Bonchev–Trinajstić information content (AvgIpc) is 3.89. The van der Waals surface area contributed by atoms with Gasteiger partial charge < -0.3 is 24.8 Å². The number of hydrogen-bond acceptors (Lipinski definition) is 8. The normalized spacial score (nSPS) is 47.2. The fraction of sp³-hybridized carbons (Fsp3) is 0.568. The molecule has 0 amide bonds. The number of rotatable bonds is 8. The first-order valence-electron chi connectivity index (χ1n) is 19.2. The molecule has 14 atom stereocenters. The van der Waals surface area contributed by atoms with E-state index in [1.807, 2.05) is 68.5 Å². The van der Waals surface area contributed by atoms with Crippen molar-refractivity contribution in [1.82, 2.24) is 0 Å². The Morgan fingerprint density at radius 2 is 1.75 bits per heavy atom. The fourth-order valence-corrected chi connectivity index (χ4v) is 11.6. The van der Waals surface area contributed by atoms with Crippen LogP contribution in [0.25, 0.3) is 0 Å². The highest BCUT2D eigenvalue weighted by Crippen LogP contribution is 2.77. The van der Waals surface area contributed by atoms with Gasteiger partial charge in [-0.25, -0.2) is 0 Å². The molecule has 1 spiro atoms. The molecule has 0 aromatic heterocycles. The summed E-state index contributed by atoms with van der Waals surface area (Å²) in [5.74, 6) is -3.61. The molecule has 6 aliphatic carbocycles. The van der Waals surface area contributed by atoms with Gasteiger partial charge in [0.05, 0.1) is 24.5 Å². The van der Waals surface area contributed by atoms with Crippen LogP contribution in [0, 0.1) is 64.6 Å². The molecule has 52 heavy (non-hydrogen) atoms. The predicted molar refractivity (Wildman–Crippen MR) is 197 cm³/mol. The van der Waals surface area contributed by atoms with E-state index < -0.39 is 64.2 Å². The first-order valence-corrected chi connectivity index (χ1v) is 19.2. The second kappa shape index (κ2) is 13.4. The van der Waals surface area contributed by atoms with Crippen LogP contribution in [0.4, 0.5) is 0 Å². The Bertz CT molecular complexity index is 1730. The van der Waals surface area contributed by atoms with Crippen molar-refractivity contribution in [2.24, 2.45) is 64.6 Å². The van der Waals surface area contributed by atoms with Gasteiger partial charge >= 0.3 is 11.9 Å². The number of carbonyl (C=O) groups is 3. The molecule has 8 heteroatoms. The van der Waals surface area contributed by atoms with Crippen LogP contribution in [0.2, 0.25) is 0 Å². The number of allylic oxidation sites excluding steroid dienone is 10. The van der Waals surface area contributed by atoms with Crippen molar-refractivity contribution < 1.29 is 39.2 Å². The summed E-state index contributed by atoms with van der Waals surface area (Å²) < 4.78 is 12.7.